The summed E-state index contributed by atoms with van der Waals surface area (Å²) < 4.78 is 11.2. The molecule has 3 nitrogen and oxygen atoms in total. The molecule has 1 saturated heterocycles. The van der Waals surface area contributed by atoms with Gasteiger partial charge < -0.3 is 14.4 Å². The highest BCUT2D eigenvalue weighted by atomic mass is 31.1. The smallest absolute Gasteiger partial charge is 0.188 e. The van der Waals surface area contributed by atoms with Crippen LogP contribution in [0.3, 0.4) is 0 Å². The minimum atomic E-state index is 0.0288. The molecule has 0 aromatic heterocycles. The molecule has 0 amide bonds. The maximum atomic E-state index is 6.02. The molecule has 0 spiro atoms. The molecule has 2 aromatic carbocycles. The number of anilines is 1. The SMILES string of the molecule is CCC(C)(Pc1ccccc1N1CCCCC1)c1cccc(C)c1OCOC. The summed E-state index contributed by atoms with van der Waals surface area (Å²) >= 11 is 0. The van der Waals surface area contributed by atoms with Crippen LogP contribution in [0.4, 0.5) is 5.69 Å². The lowest BCUT2D eigenvalue weighted by atomic mass is 9.94. The lowest BCUT2D eigenvalue weighted by molar-refractivity contribution is 0.0495. The topological polar surface area (TPSA) is 21.7 Å². The van der Waals surface area contributed by atoms with Crippen LogP contribution in [0.5, 0.6) is 5.75 Å². The van der Waals surface area contributed by atoms with Crippen molar-refractivity contribution >= 4 is 19.6 Å². The van der Waals surface area contributed by atoms with Crippen molar-refractivity contribution in [2.45, 2.75) is 51.6 Å². The van der Waals surface area contributed by atoms with Gasteiger partial charge in [-0.25, -0.2) is 0 Å². The highest BCUT2D eigenvalue weighted by molar-refractivity contribution is 7.49. The molecule has 0 radical (unpaired) electrons. The van der Waals surface area contributed by atoms with Gasteiger partial charge in [0.15, 0.2) is 6.79 Å². The van der Waals surface area contributed by atoms with E-state index in [0.29, 0.717) is 8.58 Å². The van der Waals surface area contributed by atoms with Gasteiger partial charge >= 0.3 is 0 Å². The summed E-state index contributed by atoms with van der Waals surface area (Å²) in [5, 5.41) is 1.49. The van der Waals surface area contributed by atoms with Crippen LogP contribution < -0.4 is 14.9 Å². The van der Waals surface area contributed by atoms with Gasteiger partial charge in [-0.2, -0.15) is 0 Å². The molecule has 0 saturated carbocycles. The van der Waals surface area contributed by atoms with Crippen LogP contribution >= 0.6 is 8.58 Å². The van der Waals surface area contributed by atoms with Gasteiger partial charge in [-0.1, -0.05) is 58.8 Å². The predicted octanol–water partition coefficient (Wildman–Crippen LogP) is 5.60. The molecular formula is C24H34NO2P. The van der Waals surface area contributed by atoms with Crippen molar-refractivity contribution in [3.8, 4) is 5.75 Å². The third-order valence-corrected chi connectivity index (χ3v) is 7.71. The van der Waals surface area contributed by atoms with E-state index in [1.165, 1.54) is 54.5 Å². The fourth-order valence-corrected chi connectivity index (χ4v) is 5.68. The molecule has 28 heavy (non-hydrogen) atoms. The van der Waals surface area contributed by atoms with Crippen molar-refractivity contribution in [3.05, 3.63) is 53.6 Å². The summed E-state index contributed by atoms with van der Waals surface area (Å²) in [5.41, 5.74) is 3.88. The second-order valence-corrected chi connectivity index (χ2v) is 9.77. The third kappa shape index (κ3) is 4.70. The first-order valence-corrected chi connectivity index (χ1v) is 11.4. The Bertz CT molecular complexity index is 773. The average molecular weight is 400 g/mol. The van der Waals surface area contributed by atoms with Crippen molar-refractivity contribution < 1.29 is 9.47 Å². The van der Waals surface area contributed by atoms with Gasteiger partial charge in [0.05, 0.1) is 0 Å². The molecule has 152 valence electrons. The van der Waals surface area contributed by atoms with E-state index in [2.05, 4.69) is 68.1 Å². The summed E-state index contributed by atoms with van der Waals surface area (Å²) in [6.45, 7) is 9.43. The quantitative estimate of drug-likeness (QED) is 0.426. The fourth-order valence-electron chi connectivity index (χ4n) is 4.03. The zero-order valence-electron chi connectivity index (χ0n) is 17.8. The average Bonchev–Trinajstić information content (AvgIpc) is 2.73. The Morgan fingerprint density at radius 2 is 1.79 bits per heavy atom. The maximum absolute atomic E-state index is 6.02. The number of ether oxygens (including phenoxy) is 2. The molecule has 2 atom stereocenters. The van der Waals surface area contributed by atoms with Crippen molar-refractivity contribution in [1.82, 2.24) is 0 Å². The number of methoxy groups -OCH3 is 1. The summed E-state index contributed by atoms with van der Waals surface area (Å²) in [5.74, 6) is 0.983. The standard InChI is InChI=1S/C24H34NO2P/c1-5-24(3,20-13-11-12-19(2)23(20)27-18-26-4)28-22-15-8-7-14-21(22)25-16-9-6-10-17-25/h7-8,11-15,28H,5-6,9-10,16-18H2,1-4H3. The van der Waals surface area contributed by atoms with Crippen LogP contribution in [0, 0.1) is 6.92 Å². The van der Waals surface area contributed by atoms with Gasteiger partial charge in [-0.3, -0.25) is 0 Å². The highest BCUT2D eigenvalue weighted by Gasteiger charge is 2.30. The Kier molecular flexibility index (Phi) is 7.37. The number of hydrogen-bond donors (Lipinski definition) is 0. The lowest BCUT2D eigenvalue weighted by Crippen LogP contribution is -2.33. The van der Waals surface area contributed by atoms with E-state index in [-0.39, 0.29) is 11.9 Å². The Morgan fingerprint density at radius 3 is 2.50 bits per heavy atom. The van der Waals surface area contributed by atoms with E-state index in [1.54, 1.807) is 7.11 Å². The zero-order chi connectivity index (χ0) is 20.0. The van der Waals surface area contributed by atoms with E-state index in [1.807, 2.05) is 0 Å². The zero-order valence-corrected chi connectivity index (χ0v) is 18.8. The Balaban J connectivity index is 1.95. The molecule has 0 N–H and O–H groups in total. The number of aryl methyl sites for hydroxylation is 1. The van der Waals surface area contributed by atoms with Crippen LogP contribution in [-0.4, -0.2) is 27.0 Å². The third-order valence-electron chi connectivity index (χ3n) is 5.85. The first kappa shape index (κ1) is 21.1. The fraction of sp³-hybridized carbons (Fsp3) is 0.500. The van der Waals surface area contributed by atoms with Crippen LogP contribution in [-0.2, 0) is 9.89 Å². The summed E-state index contributed by atoms with van der Waals surface area (Å²) in [7, 11) is 2.36. The minimum Gasteiger partial charge on any atom is -0.467 e. The largest absolute Gasteiger partial charge is 0.467 e. The Labute approximate surface area is 172 Å². The van der Waals surface area contributed by atoms with Crippen molar-refractivity contribution in [2.24, 2.45) is 0 Å². The van der Waals surface area contributed by atoms with Crippen molar-refractivity contribution in [2.75, 3.05) is 31.9 Å². The van der Waals surface area contributed by atoms with Crippen LogP contribution in [0.1, 0.15) is 50.7 Å². The first-order valence-electron chi connectivity index (χ1n) is 10.4. The molecule has 1 heterocycles. The molecule has 4 heteroatoms. The maximum Gasteiger partial charge on any atom is 0.188 e. The van der Waals surface area contributed by atoms with E-state index in [0.717, 1.165) is 12.2 Å². The van der Waals surface area contributed by atoms with Gasteiger partial charge in [0, 0.05) is 36.6 Å². The number of hydrogen-bond acceptors (Lipinski definition) is 3. The lowest BCUT2D eigenvalue weighted by Gasteiger charge is -2.35. The second-order valence-electron chi connectivity index (χ2n) is 7.88. The number of rotatable bonds is 8. The van der Waals surface area contributed by atoms with E-state index >= 15 is 0 Å². The molecule has 1 aliphatic heterocycles. The summed E-state index contributed by atoms with van der Waals surface area (Å²) in [6, 6.07) is 15.5. The molecule has 0 bridgehead atoms. The molecule has 2 unspecified atom stereocenters. The van der Waals surface area contributed by atoms with Crippen molar-refractivity contribution in [1.29, 1.82) is 0 Å². The summed E-state index contributed by atoms with van der Waals surface area (Å²) in [6.07, 6.45) is 5.02. The first-order chi connectivity index (χ1) is 13.6. The number of nitrogens with zero attached hydrogens (tertiary/aromatic N) is 1. The number of piperidine rings is 1. The van der Waals surface area contributed by atoms with Gasteiger partial charge in [-0.15, -0.1) is 0 Å². The van der Waals surface area contributed by atoms with Crippen LogP contribution in [0.15, 0.2) is 42.5 Å². The Hall–Kier alpha value is -1.57. The molecule has 1 fully saturated rings. The Morgan fingerprint density at radius 1 is 1.04 bits per heavy atom. The molecule has 3 rings (SSSR count). The molecule has 0 aliphatic carbocycles. The number of benzene rings is 2. The van der Waals surface area contributed by atoms with Gasteiger partial charge in [0.25, 0.3) is 0 Å². The summed E-state index contributed by atoms with van der Waals surface area (Å²) in [4.78, 5) is 2.58. The van der Waals surface area contributed by atoms with Crippen LogP contribution in [0.25, 0.3) is 0 Å². The van der Waals surface area contributed by atoms with Gasteiger partial charge in [-0.05, 0) is 49.5 Å². The van der Waals surface area contributed by atoms with E-state index in [4.69, 9.17) is 9.47 Å². The second kappa shape index (κ2) is 9.76. The van der Waals surface area contributed by atoms with Gasteiger partial charge in [0.2, 0.25) is 0 Å². The normalized spacial score (nSPS) is 17.1. The number of para-hydroxylation sites is 2. The van der Waals surface area contributed by atoms with E-state index < -0.39 is 0 Å². The molecule has 2 aromatic rings. The van der Waals surface area contributed by atoms with Gasteiger partial charge in [0.1, 0.15) is 5.75 Å². The minimum absolute atomic E-state index is 0.0288. The monoisotopic (exact) mass is 399 g/mol. The van der Waals surface area contributed by atoms with Crippen LogP contribution in [0.2, 0.25) is 0 Å². The molecular weight excluding hydrogens is 365 g/mol. The highest BCUT2D eigenvalue weighted by Crippen LogP contribution is 2.49. The van der Waals surface area contributed by atoms with Crippen molar-refractivity contribution in [3.63, 3.8) is 0 Å². The predicted molar refractivity (Wildman–Crippen MR) is 122 cm³/mol. The molecule has 1 aliphatic rings. The van der Waals surface area contributed by atoms with E-state index in [9.17, 15) is 0 Å².